The minimum absolute atomic E-state index is 0.730. The highest BCUT2D eigenvalue weighted by Gasteiger charge is 2.36. The van der Waals surface area contributed by atoms with Gasteiger partial charge in [-0.1, -0.05) is 0 Å². The maximum absolute atomic E-state index is 11.4. The van der Waals surface area contributed by atoms with Crippen LogP contribution in [0.4, 0.5) is 0 Å². The molecule has 0 unspecified atom stereocenters. The summed E-state index contributed by atoms with van der Waals surface area (Å²) in [5.74, 6) is 0.652. The van der Waals surface area contributed by atoms with Gasteiger partial charge in [0.15, 0.2) is 10.6 Å². The molecule has 0 rings (SSSR count). The van der Waals surface area contributed by atoms with Crippen LogP contribution in [0.15, 0.2) is 11.6 Å². The summed E-state index contributed by atoms with van der Waals surface area (Å²) < 4.78 is 9.19. The molecule has 0 bridgehead atoms. The van der Waals surface area contributed by atoms with E-state index in [1.807, 2.05) is 0 Å². The van der Waals surface area contributed by atoms with E-state index in [9.17, 15) is 4.79 Å². The van der Waals surface area contributed by atoms with Crippen LogP contribution in [0.2, 0.25) is 0 Å². The average molecular weight is 290 g/mol. The van der Waals surface area contributed by atoms with Gasteiger partial charge in [0, 0.05) is 15.9 Å². The van der Waals surface area contributed by atoms with Crippen LogP contribution in [-0.4, -0.2) is 23.8 Å². The maximum atomic E-state index is 11.4. The monoisotopic (exact) mass is 289 g/mol. The van der Waals surface area contributed by atoms with Crippen LogP contribution in [-0.2, 0) is 14.3 Å². The Kier molecular flexibility index (Phi) is 5.34. The molecular weight excluding hydrogens is 280 g/mol. The Labute approximate surface area is 101 Å². The van der Waals surface area contributed by atoms with Crippen LogP contribution < -0.4 is 0 Å². The highest BCUT2D eigenvalue weighted by Crippen LogP contribution is 2.14. The molecule has 0 aliphatic heterocycles. The molecule has 0 aromatic carbocycles. The first-order chi connectivity index (χ1) is 7.37. The number of nitrogens with zero attached hydrogens (tertiary/aromatic N) is 2. The van der Waals surface area contributed by atoms with Crippen molar-refractivity contribution in [2.75, 3.05) is 7.11 Å². The van der Waals surface area contributed by atoms with Gasteiger partial charge in [0.25, 0.3) is 0 Å². The van der Waals surface area contributed by atoms with Gasteiger partial charge >= 0.3 is 17.6 Å². The van der Waals surface area contributed by atoms with Gasteiger partial charge in [-0.3, -0.25) is 0 Å². The Bertz CT molecular complexity index is 411. The number of hydrogen-bond donors (Lipinski definition) is 1. The minimum Gasteiger partial charge on any atom is -0.475 e. The summed E-state index contributed by atoms with van der Waals surface area (Å²) in [7, 11) is 1.11. The summed E-state index contributed by atoms with van der Waals surface area (Å²) in [4.78, 5) is 16.4. The van der Waals surface area contributed by atoms with E-state index in [0.29, 0.717) is 0 Å². The molecule has 7 heteroatoms. The van der Waals surface area contributed by atoms with Crippen molar-refractivity contribution in [2.24, 2.45) is 0 Å². The highest BCUT2D eigenvalue weighted by molar-refractivity contribution is 9.12. The van der Waals surface area contributed by atoms with Crippen molar-refractivity contribution in [3.63, 3.8) is 0 Å². The third kappa shape index (κ3) is 4.20. The standard InChI is InChI=1S/C9H9BrN2O4/c1-9(2,4-5-10)16-8(14)6(12-11)7(13)15-3/h1-3H3/p+1. The predicted octanol–water partition coefficient (Wildman–Crippen LogP) is 1.89. The number of esters is 1. The van der Waals surface area contributed by atoms with Crippen LogP contribution in [0.25, 0.3) is 4.98 Å². The quantitative estimate of drug-likeness (QED) is 0.282. The number of carbonyl (C=O) groups is 1. The molecule has 0 aromatic heterocycles. The number of halogens is 1. The van der Waals surface area contributed by atoms with Crippen LogP contribution in [0, 0.1) is 16.1 Å². The average Bonchev–Trinajstić information content (AvgIpc) is 2.17. The molecule has 6 nitrogen and oxygen atoms in total. The molecule has 0 saturated carbocycles. The summed E-state index contributed by atoms with van der Waals surface area (Å²) in [6.07, 6.45) is 0. The lowest BCUT2D eigenvalue weighted by molar-refractivity contribution is -0.147. The van der Waals surface area contributed by atoms with Gasteiger partial charge in [-0.2, -0.15) is 0 Å². The van der Waals surface area contributed by atoms with E-state index in [0.717, 1.165) is 7.11 Å². The molecule has 16 heavy (non-hydrogen) atoms. The van der Waals surface area contributed by atoms with Crippen molar-refractivity contribution in [3.8, 4) is 10.8 Å². The molecule has 0 aromatic rings. The molecule has 0 radical (unpaired) electrons. The van der Waals surface area contributed by atoms with E-state index >= 15 is 0 Å². The molecule has 0 aliphatic carbocycles. The Morgan fingerprint density at radius 3 is 2.50 bits per heavy atom. The number of aliphatic hydroxyl groups is 1. The molecule has 0 atom stereocenters. The molecule has 0 amide bonds. The van der Waals surface area contributed by atoms with Crippen molar-refractivity contribution in [1.82, 2.24) is 0 Å². The molecular formula is C9H10BrN2O4+. The third-order valence-electron chi connectivity index (χ3n) is 1.39. The summed E-state index contributed by atoms with van der Waals surface area (Å²) in [6, 6.07) is 0. The lowest BCUT2D eigenvalue weighted by Gasteiger charge is -2.15. The number of methoxy groups -OCH3 is 1. The summed E-state index contributed by atoms with van der Waals surface area (Å²) >= 11 is 2.86. The van der Waals surface area contributed by atoms with E-state index in [4.69, 9.17) is 15.2 Å². The lowest BCUT2D eigenvalue weighted by atomic mass is 10.1. The number of hydrogen-bond acceptors (Lipinski definition) is 5. The van der Waals surface area contributed by atoms with E-state index < -0.39 is 23.2 Å². The zero-order valence-electron chi connectivity index (χ0n) is 8.94. The fourth-order valence-electron chi connectivity index (χ4n) is 0.687. The van der Waals surface area contributed by atoms with Crippen molar-refractivity contribution < 1.29 is 19.4 Å². The van der Waals surface area contributed by atoms with Gasteiger partial charge in [0.1, 0.15) is 0 Å². The molecule has 0 saturated heterocycles. The van der Waals surface area contributed by atoms with Crippen molar-refractivity contribution in [2.45, 2.75) is 19.4 Å². The number of rotatable bonds is 3. The SMILES string of the molecule is CO/C(O)=C(\[N+]#N)C(=O)OC(C)(C)C#CBr. The molecule has 0 heterocycles. The zero-order valence-corrected chi connectivity index (χ0v) is 10.5. The fourth-order valence-corrected chi connectivity index (χ4v) is 1.16. The topological polar surface area (TPSA) is 83.9 Å². The van der Waals surface area contributed by atoms with Gasteiger partial charge in [0.05, 0.1) is 7.11 Å². The zero-order chi connectivity index (χ0) is 12.8. The molecule has 86 valence electrons. The highest BCUT2D eigenvalue weighted by atomic mass is 79.9. The minimum atomic E-state index is -1.09. The van der Waals surface area contributed by atoms with Gasteiger partial charge in [0.2, 0.25) is 5.39 Å². The van der Waals surface area contributed by atoms with Crippen LogP contribution in [0.5, 0.6) is 0 Å². The largest absolute Gasteiger partial charge is 0.547 e. The van der Waals surface area contributed by atoms with Gasteiger partial charge < -0.3 is 14.6 Å². The Morgan fingerprint density at radius 1 is 1.56 bits per heavy atom. The number of ether oxygens (including phenoxy) is 2. The van der Waals surface area contributed by atoms with Gasteiger partial charge in [-0.15, -0.1) is 0 Å². The van der Waals surface area contributed by atoms with E-state index in [2.05, 4.69) is 36.4 Å². The Morgan fingerprint density at radius 2 is 2.12 bits per heavy atom. The third-order valence-corrected chi connectivity index (χ3v) is 1.58. The first-order valence-electron chi connectivity index (χ1n) is 4.06. The fraction of sp³-hybridized carbons (Fsp3) is 0.444. The van der Waals surface area contributed by atoms with Crippen LogP contribution in [0.3, 0.4) is 0 Å². The van der Waals surface area contributed by atoms with E-state index in [1.165, 1.54) is 13.8 Å². The number of diazo groups is 1. The first-order valence-corrected chi connectivity index (χ1v) is 4.85. The smallest absolute Gasteiger partial charge is 0.475 e. The van der Waals surface area contributed by atoms with E-state index in [1.54, 1.807) is 0 Å². The van der Waals surface area contributed by atoms with Crippen LogP contribution in [0.1, 0.15) is 13.8 Å². The van der Waals surface area contributed by atoms with Gasteiger partial charge in [-0.05, 0) is 24.6 Å². The van der Waals surface area contributed by atoms with E-state index in [-0.39, 0.29) is 0 Å². The number of carbonyl (C=O) groups excluding carboxylic acids is 1. The summed E-state index contributed by atoms with van der Waals surface area (Å²) in [5.41, 5.74) is -1.82. The van der Waals surface area contributed by atoms with Crippen molar-refractivity contribution in [3.05, 3.63) is 16.6 Å². The molecule has 0 aliphatic rings. The van der Waals surface area contributed by atoms with Gasteiger partial charge in [-0.25, -0.2) is 4.79 Å². The Balaban J connectivity index is 4.96. The summed E-state index contributed by atoms with van der Waals surface area (Å²) in [5, 5.41) is 17.6. The number of aliphatic hydroxyl groups excluding tert-OH is 1. The second kappa shape index (κ2) is 5.99. The normalized spacial score (nSPS) is 11.4. The molecule has 0 fully saturated rings. The van der Waals surface area contributed by atoms with Crippen molar-refractivity contribution >= 4 is 21.9 Å². The lowest BCUT2D eigenvalue weighted by Crippen LogP contribution is -2.27. The maximum Gasteiger partial charge on any atom is 0.547 e. The van der Waals surface area contributed by atoms with Crippen molar-refractivity contribution in [1.29, 1.82) is 5.39 Å². The molecule has 0 spiro atoms. The first kappa shape index (κ1) is 14.3. The predicted molar refractivity (Wildman–Crippen MR) is 58.6 cm³/mol. The Hall–Kier alpha value is -1.73. The summed E-state index contributed by atoms with van der Waals surface area (Å²) in [6.45, 7) is 3.05. The molecule has 1 N–H and O–H groups in total. The second-order valence-corrected chi connectivity index (χ2v) is 3.47. The second-order valence-electron chi connectivity index (χ2n) is 3.08. The van der Waals surface area contributed by atoms with Crippen LogP contribution >= 0.6 is 15.9 Å².